The normalized spacial score (nSPS) is 18.5. The molecule has 1 atom stereocenters. The van der Waals surface area contributed by atoms with Gasteiger partial charge in [0, 0.05) is 39.9 Å². The van der Waals surface area contributed by atoms with Crippen molar-refractivity contribution in [2.75, 3.05) is 45.2 Å². The summed E-state index contributed by atoms with van der Waals surface area (Å²) in [5.74, 6) is 0.992. The molecule has 0 bridgehead atoms. The summed E-state index contributed by atoms with van der Waals surface area (Å²) >= 11 is 0. The van der Waals surface area contributed by atoms with Gasteiger partial charge in [0.05, 0.1) is 6.20 Å². The summed E-state index contributed by atoms with van der Waals surface area (Å²) in [5, 5.41) is 13.4. The molecule has 0 radical (unpaired) electrons. The lowest BCUT2D eigenvalue weighted by atomic mass is 10.1. The summed E-state index contributed by atoms with van der Waals surface area (Å²) in [4.78, 5) is 14.3. The van der Waals surface area contributed by atoms with E-state index in [4.69, 9.17) is 4.74 Å². The fourth-order valence-electron chi connectivity index (χ4n) is 2.62. The molecule has 0 aromatic carbocycles. The van der Waals surface area contributed by atoms with E-state index in [0.717, 1.165) is 45.6 Å². The Morgan fingerprint density at radius 1 is 1.55 bits per heavy atom. The van der Waals surface area contributed by atoms with Crippen LogP contribution in [0.25, 0.3) is 0 Å². The minimum absolute atomic E-state index is 0.221. The predicted octanol–water partition coefficient (Wildman–Crippen LogP) is 0.778. The van der Waals surface area contributed by atoms with Crippen molar-refractivity contribution in [1.82, 2.24) is 25.2 Å². The molecule has 1 aliphatic rings. The molecular formula is C14H26N6O2. The van der Waals surface area contributed by atoms with Crippen LogP contribution in [0, 0.1) is 5.92 Å². The van der Waals surface area contributed by atoms with Crippen LogP contribution in [-0.2, 0) is 11.3 Å². The molecule has 1 saturated heterocycles. The Balaban J connectivity index is 1.62. The van der Waals surface area contributed by atoms with Crippen molar-refractivity contribution in [3.05, 3.63) is 6.20 Å². The summed E-state index contributed by atoms with van der Waals surface area (Å²) in [6.45, 7) is 7.40. The molecule has 124 valence electrons. The van der Waals surface area contributed by atoms with E-state index in [0.29, 0.717) is 18.3 Å². The number of hydrogen-bond acceptors (Lipinski definition) is 5. The fourth-order valence-corrected chi connectivity index (χ4v) is 2.62. The Hall–Kier alpha value is -1.67. The largest absolute Gasteiger partial charge is 0.385 e. The van der Waals surface area contributed by atoms with Crippen LogP contribution in [0.1, 0.15) is 19.8 Å². The molecule has 1 fully saturated rings. The number of hydrogen-bond donors (Lipinski definition) is 2. The summed E-state index contributed by atoms with van der Waals surface area (Å²) in [5.41, 5.74) is 0. The maximum atomic E-state index is 11.8. The highest BCUT2D eigenvalue weighted by atomic mass is 16.5. The zero-order valence-corrected chi connectivity index (χ0v) is 13.4. The Bertz CT molecular complexity index is 464. The lowest BCUT2D eigenvalue weighted by Crippen LogP contribution is -2.34. The molecule has 0 unspecified atom stereocenters. The molecule has 22 heavy (non-hydrogen) atoms. The number of aromatic nitrogens is 3. The zero-order valence-electron chi connectivity index (χ0n) is 13.4. The van der Waals surface area contributed by atoms with Crippen LogP contribution in [-0.4, -0.2) is 65.8 Å². The molecule has 2 heterocycles. The van der Waals surface area contributed by atoms with Gasteiger partial charge in [0.25, 0.3) is 0 Å². The lowest BCUT2D eigenvalue weighted by Gasteiger charge is -2.15. The van der Waals surface area contributed by atoms with Gasteiger partial charge in [-0.05, 0) is 32.2 Å². The molecule has 8 heteroatoms. The summed E-state index contributed by atoms with van der Waals surface area (Å²) < 4.78 is 6.74. The van der Waals surface area contributed by atoms with Crippen LogP contribution in [0.2, 0.25) is 0 Å². The number of aryl methyl sites for hydroxylation is 1. The molecule has 2 N–H and O–H groups in total. The number of amides is 2. The first kappa shape index (κ1) is 16.7. The van der Waals surface area contributed by atoms with Gasteiger partial charge in [-0.1, -0.05) is 5.21 Å². The van der Waals surface area contributed by atoms with Gasteiger partial charge < -0.3 is 15.0 Å². The monoisotopic (exact) mass is 310 g/mol. The van der Waals surface area contributed by atoms with E-state index >= 15 is 0 Å². The second-order valence-electron chi connectivity index (χ2n) is 5.60. The fraction of sp³-hybridized carbons (Fsp3) is 0.786. The van der Waals surface area contributed by atoms with E-state index < -0.39 is 0 Å². The lowest BCUT2D eigenvalue weighted by molar-refractivity contribution is 0.178. The van der Waals surface area contributed by atoms with E-state index in [1.54, 1.807) is 18.0 Å². The van der Waals surface area contributed by atoms with E-state index in [-0.39, 0.29) is 6.03 Å². The van der Waals surface area contributed by atoms with Crippen LogP contribution < -0.4 is 10.6 Å². The van der Waals surface area contributed by atoms with Crippen LogP contribution in [0.15, 0.2) is 6.20 Å². The number of anilines is 1. The number of nitrogens with one attached hydrogen (secondary N) is 2. The summed E-state index contributed by atoms with van der Waals surface area (Å²) in [6, 6.07) is -0.221. The van der Waals surface area contributed by atoms with Gasteiger partial charge in [0.1, 0.15) is 0 Å². The van der Waals surface area contributed by atoms with Crippen LogP contribution in [0.4, 0.5) is 10.6 Å². The molecule has 8 nitrogen and oxygen atoms in total. The number of likely N-dealkylation sites (tertiary alicyclic amines) is 1. The Morgan fingerprint density at radius 3 is 3.14 bits per heavy atom. The van der Waals surface area contributed by atoms with Crippen molar-refractivity contribution in [3.8, 4) is 0 Å². The SMILES string of the molecule is CCn1cc(NC(=O)NC[C@H]2CCN(CCCOC)C2)nn1. The number of ether oxygens (including phenoxy) is 1. The van der Waals surface area contributed by atoms with Gasteiger partial charge in [0.15, 0.2) is 5.82 Å². The van der Waals surface area contributed by atoms with E-state index in [2.05, 4.69) is 25.8 Å². The summed E-state index contributed by atoms with van der Waals surface area (Å²) in [7, 11) is 1.73. The van der Waals surface area contributed by atoms with Crippen molar-refractivity contribution in [2.45, 2.75) is 26.3 Å². The Labute approximate surface area is 131 Å². The van der Waals surface area contributed by atoms with Crippen molar-refractivity contribution >= 4 is 11.8 Å². The number of carbonyl (C=O) groups excluding carboxylic acids is 1. The zero-order chi connectivity index (χ0) is 15.8. The average Bonchev–Trinajstić information content (AvgIpc) is 3.14. The quantitative estimate of drug-likeness (QED) is 0.693. The molecular weight excluding hydrogens is 284 g/mol. The number of urea groups is 1. The van der Waals surface area contributed by atoms with E-state index in [9.17, 15) is 4.79 Å². The third-order valence-corrected chi connectivity index (χ3v) is 3.85. The number of carbonyl (C=O) groups is 1. The first-order chi connectivity index (χ1) is 10.7. The third-order valence-electron chi connectivity index (χ3n) is 3.85. The second-order valence-corrected chi connectivity index (χ2v) is 5.60. The summed E-state index contributed by atoms with van der Waals surface area (Å²) in [6.07, 6.45) is 3.90. The highest BCUT2D eigenvalue weighted by molar-refractivity contribution is 5.87. The van der Waals surface area contributed by atoms with E-state index in [1.165, 1.54) is 0 Å². The number of nitrogens with zero attached hydrogens (tertiary/aromatic N) is 4. The van der Waals surface area contributed by atoms with Gasteiger partial charge in [-0.2, -0.15) is 0 Å². The highest BCUT2D eigenvalue weighted by Gasteiger charge is 2.22. The predicted molar refractivity (Wildman–Crippen MR) is 83.8 cm³/mol. The topological polar surface area (TPSA) is 84.3 Å². The molecule has 1 aliphatic heterocycles. The maximum absolute atomic E-state index is 11.8. The number of methoxy groups -OCH3 is 1. The molecule has 2 amide bonds. The third kappa shape index (κ3) is 5.27. The standard InChI is InChI=1S/C14H26N6O2/c1-3-20-11-13(17-18-20)16-14(21)15-9-12-5-7-19(10-12)6-4-8-22-2/h11-12H,3-10H2,1-2H3,(H2,15,16,21)/t12-/m1/s1. The van der Waals surface area contributed by atoms with Crippen molar-refractivity contribution in [3.63, 3.8) is 0 Å². The van der Waals surface area contributed by atoms with E-state index in [1.807, 2.05) is 6.92 Å². The first-order valence-electron chi connectivity index (χ1n) is 7.87. The smallest absolute Gasteiger partial charge is 0.320 e. The van der Waals surface area contributed by atoms with Crippen LogP contribution in [0.5, 0.6) is 0 Å². The van der Waals surface area contributed by atoms with Gasteiger partial charge in [-0.15, -0.1) is 5.10 Å². The van der Waals surface area contributed by atoms with Crippen LogP contribution >= 0.6 is 0 Å². The molecule has 1 aromatic heterocycles. The highest BCUT2D eigenvalue weighted by Crippen LogP contribution is 2.15. The molecule has 1 aromatic rings. The molecule has 0 saturated carbocycles. The van der Waals surface area contributed by atoms with Gasteiger partial charge >= 0.3 is 6.03 Å². The van der Waals surface area contributed by atoms with Gasteiger partial charge in [0.2, 0.25) is 0 Å². The minimum Gasteiger partial charge on any atom is -0.385 e. The van der Waals surface area contributed by atoms with Crippen molar-refractivity contribution in [1.29, 1.82) is 0 Å². The maximum Gasteiger partial charge on any atom is 0.320 e. The second kappa shape index (κ2) is 8.70. The van der Waals surface area contributed by atoms with Gasteiger partial charge in [-0.25, -0.2) is 4.79 Å². The van der Waals surface area contributed by atoms with Gasteiger partial charge in [-0.3, -0.25) is 10.00 Å². The first-order valence-corrected chi connectivity index (χ1v) is 7.87. The molecule has 0 aliphatic carbocycles. The van der Waals surface area contributed by atoms with Crippen molar-refractivity contribution < 1.29 is 9.53 Å². The Kier molecular flexibility index (Phi) is 6.60. The Morgan fingerprint density at radius 2 is 2.41 bits per heavy atom. The molecule has 0 spiro atoms. The van der Waals surface area contributed by atoms with Crippen LogP contribution in [0.3, 0.4) is 0 Å². The number of rotatable bonds is 8. The van der Waals surface area contributed by atoms with Crippen molar-refractivity contribution in [2.24, 2.45) is 5.92 Å². The molecule has 2 rings (SSSR count). The average molecular weight is 310 g/mol. The minimum atomic E-state index is -0.221.